The third-order valence-electron chi connectivity index (χ3n) is 2.17. The smallest absolute Gasteiger partial charge is 0.227 e. The number of rotatable bonds is 2. The molecule has 0 saturated heterocycles. The van der Waals surface area contributed by atoms with Crippen LogP contribution in [0.2, 0.25) is 0 Å². The van der Waals surface area contributed by atoms with E-state index in [9.17, 15) is 4.79 Å². The molecule has 0 radical (unpaired) electrons. The van der Waals surface area contributed by atoms with Crippen LogP contribution < -0.4 is 5.32 Å². The zero-order chi connectivity index (χ0) is 8.65. The predicted molar refractivity (Wildman–Crippen MR) is 44.8 cm³/mol. The van der Waals surface area contributed by atoms with E-state index in [1.54, 1.807) is 6.92 Å². The first-order valence-electron chi connectivity index (χ1n) is 3.90. The molecule has 1 atom stereocenters. The Morgan fingerprint density at radius 3 is 2.36 bits per heavy atom. The summed E-state index contributed by atoms with van der Waals surface area (Å²) in [5.74, 6) is 0.335. The minimum Gasteiger partial charge on any atom is -0.330 e. The summed E-state index contributed by atoms with van der Waals surface area (Å²) in [6.07, 6.45) is 1.01. The maximum absolute atomic E-state index is 11.3. The Kier molecular flexibility index (Phi) is 1.78. The molecule has 1 N–H and O–H groups in total. The van der Waals surface area contributed by atoms with Gasteiger partial charge >= 0.3 is 0 Å². The second-order valence-electron chi connectivity index (χ2n) is 4.01. The fraction of sp³-hybridized carbons (Fsp3) is 0.667. The Bertz CT molecular complexity index is 206. The molecule has 1 amide bonds. The number of hydrogen-bond acceptors (Lipinski definition) is 1. The molecular weight excluding hydrogens is 138 g/mol. The van der Waals surface area contributed by atoms with Gasteiger partial charge in [0.2, 0.25) is 5.91 Å². The van der Waals surface area contributed by atoms with E-state index in [0.717, 1.165) is 12.1 Å². The van der Waals surface area contributed by atoms with Gasteiger partial charge in [-0.3, -0.25) is 4.79 Å². The van der Waals surface area contributed by atoms with Crippen LogP contribution in [-0.4, -0.2) is 5.91 Å². The van der Waals surface area contributed by atoms with E-state index in [2.05, 4.69) is 25.7 Å². The van der Waals surface area contributed by atoms with E-state index in [4.69, 9.17) is 0 Å². The van der Waals surface area contributed by atoms with Crippen LogP contribution in [0.1, 0.15) is 27.2 Å². The highest BCUT2D eigenvalue weighted by atomic mass is 16.2. The average Bonchev–Trinajstić information content (AvgIpc) is 2.38. The van der Waals surface area contributed by atoms with Gasteiger partial charge in [-0.1, -0.05) is 20.4 Å². The summed E-state index contributed by atoms with van der Waals surface area (Å²) in [7, 11) is 0. The van der Waals surface area contributed by atoms with E-state index < -0.39 is 0 Å². The van der Waals surface area contributed by atoms with Crippen molar-refractivity contribution < 1.29 is 4.79 Å². The zero-order valence-corrected chi connectivity index (χ0v) is 7.40. The maximum Gasteiger partial charge on any atom is 0.227 e. The van der Waals surface area contributed by atoms with Gasteiger partial charge in [0.25, 0.3) is 0 Å². The lowest BCUT2D eigenvalue weighted by Crippen LogP contribution is -2.24. The van der Waals surface area contributed by atoms with Crippen molar-refractivity contribution in [3.05, 3.63) is 12.3 Å². The Labute approximate surface area is 67.7 Å². The van der Waals surface area contributed by atoms with Gasteiger partial charge in [-0.15, -0.1) is 0 Å². The number of amides is 1. The topological polar surface area (TPSA) is 29.1 Å². The van der Waals surface area contributed by atoms with E-state index in [-0.39, 0.29) is 17.2 Å². The minimum atomic E-state index is 0.127. The Morgan fingerprint density at radius 2 is 2.09 bits per heavy atom. The van der Waals surface area contributed by atoms with E-state index in [1.807, 2.05) is 0 Å². The van der Waals surface area contributed by atoms with Gasteiger partial charge in [-0.05, 0) is 18.8 Å². The van der Waals surface area contributed by atoms with Crippen molar-refractivity contribution in [1.82, 2.24) is 5.32 Å². The molecule has 11 heavy (non-hydrogen) atoms. The van der Waals surface area contributed by atoms with Gasteiger partial charge in [0.1, 0.15) is 0 Å². The van der Waals surface area contributed by atoms with Crippen LogP contribution >= 0.6 is 0 Å². The summed E-state index contributed by atoms with van der Waals surface area (Å²) < 4.78 is 0. The number of allylic oxidation sites excluding steroid dienone is 1. The number of nitrogens with one attached hydrogen (secondary N) is 1. The summed E-state index contributed by atoms with van der Waals surface area (Å²) in [6, 6.07) is 0. The first-order chi connectivity index (χ1) is 4.93. The quantitative estimate of drug-likeness (QED) is 0.642. The summed E-state index contributed by atoms with van der Waals surface area (Å²) in [6.45, 7) is 9.63. The molecule has 2 nitrogen and oxygen atoms in total. The summed E-state index contributed by atoms with van der Waals surface area (Å²) in [5, 5.41) is 2.73. The van der Waals surface area contributed by atoms with Crippen molar-refractivity contribution in [3.8, 4) is 0 Å². The van der Waals surface area contributed by atoms with Crippen LogP contribution in [0.5, 0.6) is 0 Å². The second-order valence-corrected chi connectivity index (χ2v) is 4.01. The lowest BCUT2D eigenvalue weighted by Gasteiger charge is -2.04. The largest absolute Gasteiger partial charge is 0.330 e. The van der Waals surface area contributed by atoms with Crippen LogP contribution in [0.15, 0.2) is 12.3 Å². The molecular formula is C9H15NO. The minimum absolute atomic E-state index is 0.127. The standard InChI is InChI=1S/C9H15NO/c1-6(2)10-8(11)7-5-9(7,3)4/h7H,1,5H2,2-4H3,(H,10,11)/t7-/m1/s1. The van der Waals surface area contributed by atoms with Crippen molar-refractivity contribution in [2.24, 2.45) is 11.3 Å². The molecule has 0 aromatic rings. The molecule has 1 saturated carbocycles. The van der Waals surface area contributed by atoms with Gasteiger partial charge in [0, 0.05) is 11.6 Å². The SMILES string of the molecule is C=C(C)NC(=O)[C@H]1CC1(C)C. The summed E-state index contributed by atoms with van der Waals surface area (Å²) in [4.78, 5) is 11.3. The van der Waals surface area contributed by atoms with Crippen molar-refractivity contribution in [2.75, 3.05) is 0 Å². The van der Waals surface area contributed by atoms with Crippen LogP contribution in [0, 0.1) is 11.3 Å². The molecule has 0 unspecified atom stereocenters. The Morgan fingerprint density at radius 1 is 1.64 bits per heavy atom. The molecule has 1 rings (SSSR count). The molecule has 0 aromatic heterocycles. The van der Waals surface area contributed by atoms with Gasteiger partial charge in [-0.25, -0.2) is 0 Å². The third kappa shape index (κ3) is 1.82. The van der Waals surface area contributed by atoms with Crippen molar-refractivity contribution in [2.45, 2.75) is 27.2 Å². The average molecular weight is 153 g/mol. The maximum atomic E-state index is 11.3. The first-order valence-corrected chi connectivity index (χ1v) is 3.90. The molecule has 1 aliphatic rings. The van der Waals surface area contributed by atoms with Crippen molar-refractivity contribution >= 4 is 5.91 Å². The molecule has 1 aliphatic carbocycles. The molecule has 2 heteroatoms. The van der Waals surface area contributed by atoms with Crippen LogP contribution in [0.25, 0.3) is 0 Å². The van der Waals surface area contributed by atoms with Gasteiger partial charge in [-0.2, -0.15) is 0 Å². The highest BCUT2D eigenvalue weighted by molar-refractivity contribution is 5.83. The lowest BCUT2D eigenvalue weighted by molar-refractivity contribution is -0.122. The molecule has 62 valence electrons. The van der Waals surface area contributed by atoms with Crippen molar-refractivity contribution in [3.63, 3.8) is 0 Å². The zero-order valence-electron chi connectivity index (χ0n) is 7.40. The molecule has 0 bridgehead atoms. The molecule has 0 spiro atoms. The molecule has 0 heterocycles. The van der Waals surface area contributed by atoms with Gasteiger partial charge in [0.15, 0.2) is 0 Å². The third-order valence-corrected chi connectivity index (χ3v) is 2.17. The first kappa shape index (κ1) is 8.31. The fourth-order valence-corrected chi connectivity index (χ4v) is 1.21. The van der Waals surface area contributed by atoms with Crippen molar-refractivity contribution in [1.29, 1.82) is 0 Å². The van der Waals surface area contributed by atoms with Crippen LogP contribution in [-0.2, 0) is 4.79 Å². The molecule has 1 fully saturated rings. The molecule has 0 aromatic carbocycles. The fourth-order valence-electron chi connectivity index (χ4n) is 1.21. The van der Waals surface area contributed by atoms with E-state index in [1.165, 1.54) is 0 Å². The number of carbonyl (C=O) groups is 1. The Balaban J connectivity index is 2.40. The molecule has 0 aliphatic heterocycles. The highest BCUT2D eigenvalue weighted by Gasteiger charge is 2.50. The highest BCUT2D eigenvalue weighted by Crippen LogP contribution is 2.51. The van der Waals surface area contributed by atoms with Crippen LogP contribution in [0.4, 0.5) is 0 Å². The second kappa shape index (κ2) is 2.36. The lowest BCUT2D eigenvalue weighted by atomic mass is 10.1. The number of carbonyl (C=O) groups excluding carboxylic acids is 1. The van der Waals surface area contributed by atoms with E-state index in [0.29, 0.717) is 0 Å². The summed E-state index contributed by atoms with van der Waals surface area (Å²) in [5.41, 5.74) is 0.956. The summed E-state index contributed by atoms with van der Waals surface area (Å²) >= 11 is 0. The monoisotopic (exact) mass is 153 g/mol. The van der Waals surface area contributed by atoms with Gasteiger partial charge < -0.3 is 5.32 Å². The van der Waals surface area contributed by atoms with Crippen LogP contribution in [0.3, 0.4) is 0 Å². The normalized spacial score (nSPS) is 25.9. The van der Waals surface area contributed by atoms with E-state index >= 15 is 0 Å². The predicted octanol–water partition coefficient (Wildman–Crippen LogP) is 1.68. The van der Waals surface area contributed by atoms with Gasteiger partial charge in [0.05, 0.1) is 0 Å². The number of hydrogen-bond donors (Lipinski definition) is 1. The Hall–Kier alpha value is -0.790.